The predicted molar refractivity (Wildman–Crippen MR) is 34.2 cm³/mol. The topological polar surface area (TPSA) is 9.23 Å². The van der Waals surface area contributed by atoms with Crippen LogP contribution in [0.3, 0.4) is 0 Å². The zero-order chi connectivity index (χ0) is 5.82. The van der Waals surface area contributed by atoms with E-state index in [1.165, 1.54) is 0 Å². The van der Waals surface area contributed by atoms with Gasteiger partial charge in [0.05, 0.1) is 0 Å². The monoisotopic (exact) mass is 174 g/mol. The second-order valence-electron chi connectivity index (χ2n) is 1.40. The Bertz CT molecular complexity index is 150. The summed E-state index contributed by atoms with van der Waals surface area (Å²) >= 11 is 2.06. The number of hydrogen-bond donors (Lipinski definition) is 0. The summed E-state index contributed by atoms with van der Waals surface area (Å²) in [5, 5.41) is 0. The summed E-state index contributed by atoms with van der Waals surface area (Å²) in [4.78, 5) is 0. The third-order valence-electron chi connectivity index (χ3n) is 0.849. The van der Waals surface area contributed by atoms with Crippen LogP contribution in [0.1, 0.15) is 0 Å². The molecule has 0 heterocycles. The standard InChI is InChI=1S/C6H6OSe/c8-7-6-4-2-1-3-5-6/h1-5,8H. The first-order valence-corrected chi connectivity index (χ1v) is 3.06. The Balaban J connectivity index is 2.83. The van der Waals surface area contributed by atoms with Crippen molar-refractivity contribution in [2.24, 2.45) is 0 Å². The number of hydrogen-bond acceptors (Lipinski definition) is 1. The van der Waals surface area contributed by atoms with E-state index in [1.54, 1.807) is 0 Å². The molecular weight excluding hydrogens is 167 g/mol. The minimum atomic E-state index is 0.882. The van der Waals surface area contributed by atoms with E-state index in [9.17, 15) is 0 Å². The van der Waals surface area contributed by atoms with Gasteiger partial charge in [0.15, 0.2) is 0 Å². The summed E-state index contributed by atoms with van der Waals surface area (Å²) in [7, 11) is 0. The fourth-order valence-corrected chi connectivity index (χ4v) is 0.737. The molecule has 2 heteroatoms. The third-order valence-corrected chi connectivity index (χ3v) is 1.29. The molecule has 0 aliphatic rings. The molecule has 0 aliphatic carbocycles. The molecule has 0 atom stereocenters. The van der Waals surface area contributed by atoms with Crippen molar-refractivity contribution in [3.8, 4) is 5.75 Å². The van der Waals surface area contributed by atoms with Crippen LogP contribution in [0.5, 0.6) is 5.75 Å². The molecule has 0 spiro atoms. The first kappa shape index (κ1) is 5.67. The number of benzene rings is 1. The molecule has 0 saturated carbocycles. The second kappa shape index (κ2) is 2.75. The molecule has 0 aromatic heterocycles. The van der Waals surface area contributed by atoms with Crippen LogP contribution in [0.2, 0.25) is 0 Å². The molecule has 0 unspecified atom stereocenters. The first-order valence-electron chi connectivity index (χ1n) is 2.30. The molecule has 0 radical (unpaired) electrons. The van der Waals surface area contributed by atoms with Gasteiger partial charge in [-0.05, 0) is 0 Å². The Hall–Kier alpha value is -0.461. The van der Waals surface area contributed by atoms with Crippen LogP contribution in [0, 0.1) is 0 Å². The molecule has 8 heavy (non-hydrogen) atoms. The van der Waals surface area contributed by atoms with E-state index < -0.39 is 0 Å². The molecule has 42 valence electrons. The average molecular weight is 173 g/mol. The summed E-state index contributed by atoms with van der Waals surface area (Å²) in [6.45, 7) is 0. The molecular formula is C6H6OSe. The van der Waals surface area contributed by atoms with Crippen LogP contribution in [0.4, 0.5) is 0 Å². The number of rotatable bonds is 1. The van der Waals surface area contributed by atoms with E-state index in [1.807, 2.05) is 30.3 Å². The zero-order valence-electron chi connectivity index (χ0n) is 4.24. The van der Waals surface area contributed by atoms with Gasteiger partial charge in [-0.15, -0.1) is 0 Å². The molecule has 1 aromatic carbocycles. The van der Waals surface area contributed by atoms with Crippen LogP contribution in [0.25, 0.3) is 0 Å². The molecule has 0 fully saturated rings. The fourth-order valence-electron chi connectivity index (χ4n) is 0.481. The molecule has 1 nitrogen and oxygen atoms in total. The Morgan fingerprint density at radius 2 is 1.75 bits per heavy atom. The van der Waals surface area contributed by atoms with Gasteiger partial charge in [0.1, 0.15) is 0 Å². The van der Waals surface area contributed by atoms with Gasteiger partial charge in [-0.1, -0.05) is 0 Å². The van der Waals surface area contributed by atoms with Gasteiger partial charge >= 0.3 is 56.2 Å². The van der Waals surface area contributed by atoms with Gasteiger partial charge in [-0.2, -0.15) is 0 Å². The maximum absolute atomic E-state index is 4.85. The van der Waals surface area contributed by atoms with Gasteiger partial charge < -0.3 is 0 Å². The Morgan fingerprint density at radius 1 is 1.12 bits per heavy atom. The zero-order valence-corrected chi connectivity index (χ0v) is 6.12. The van der Waals surface area contributed by atoms with Gasteiger partial charge in [-0.25, -0.2) is 0 Å². The van der Waals surface area contributed by atoms with Crippen molar-refractivity contribution in [2.75, 3.05) is 0 Å². The molecule has 0 amide bonds. The van der Waals surface area contributed by atoms with Gasteiger partial charge in [0, 0.05) is 0 Å². The van der Waals surface area contributed by atoms with E-state index in [2.05, 4.69) is 16.3 Å². The predicted octanol–water partition coefficient (Wildman–Crippen LogP) is 0.881. The quantitative estimate of drug-likeness (QED) is 0.573. The van der Waals surface area contributed by atoms with E-state index in [0.29, 0.717) is 0 Å². The van der Waals surface area contributed by atoms with Crippen molar-refractivity contribution in [1.29, 1.82) is 0 Å². The van der Waals surface area contributed by atoms with E-state index in [-0.39, 0.29) is 0 Å². The van der Waals surface area contributed by atoms with Gasteiger partial charge in [0.25, 0.3) is 0 Å². The fraction of sp³-hybridized carbons (Fsp3) is 0. The summed E-state index contributed by atoms with van der Waals surface area (Å²) in [5.41, 5.74) is 0. The molecule has 0 saturated heterocycles. The second-order valence-corrected chi connectivity index (χ2v) is 1.79. The first-order chi connectivity index (χ1) is 3.93. The summed E-state index contributed by atoms with van der Waals surface area (Å²) in [5.74, 6) is 0.882. The van der Waals surface area contributed by atoms with Crippen LogP contribution >= 0.6 is 0 Å². The minimum absolute atomic E-state index is 0.882. The van der Waals surface area contributed by atoms with E-state index in [4.69, 9.17) is 3.82 Å². The Labute approximate surface area is 56.8 Å². The third kappa shape index (κ3) is 1.25. The van der Waals surface area contributed by atoms with Crippen molar-refractivity contribution >= 4 is 16.3 Å². The molecule has 0 N–H and O–H groups in total. The Kier molecular flexibility index (Phi) is 1.95. The SMILES string of the molecule is [SeH]Oc1ccccc1. The van der Waals surface area contributed by atoms with Crippen molar-refractivity contribution in [3.05, 3.63) is 30.3 Å². The maximum atomic E-state index is 4.85. The van der Waals surface area contributed by atoms with Crippen LogP contribution in [0.15, 0.2) is 30.3 Å². The van der Waals surface area contributed by atoms with Crippen LogP contribution in [-0.4, -0.2) is 16.3 Å². The normalized spacial score (nSPS) is 8.62. The summed E-state index contributed by atoms with van der Waals surface area (Å²) in [6.07, 6.45) is 0. The number of para-hydroxylation sites is 1. The van der Waals surface area contributed by atoms with Crippen molar-refractivity contribution < 1.29 is 3.82 Å². The van der Waals surface area contributed by atoms with Crippen molar-refractivity contribution in [3.63, 3.8) is 0 Å². The van der Waals surface area contributed by atoms with E-state index >= 15 is 0 Å². The van der Waals surface area contributed by atoms with Crippen LogP contribution in [-0.2, 0) is 0 Å². The Morgan fingerprint density at radius 3 is 2.12 bits per heavy atom. The van der Waals surface area contributed by atoms with Crippen molar-refractivity contribution in [1.82, 2.24) is 0 Å². The summed E-state index contributed by atoms with van der Waals surface area (Å²) in [6, 6.07) is 9.62. The van der Waals surface area contributed by atoms with Gasteiger partial charge in [0.2, 0.25) is 0 Å². The average Bonchev–Trinajstić information content (AvgIpc) is 1.90. The molecule has 1 rings (SSSR count). The molecule has 0 aliphatic heterocycles. The van der Waals surface area contributed by atoms with Gasteiger partial charge in [-0.3, -0.25) is 0 Å². The molecule has 1 aromatic rings. The van der Waals surface area contributed by atoms with E-state index in [0.717, 1.165) is 5.75 Å². The molecule has 0 bridgehead atoms. The van der Waals surface area contributed by atoms with Crippen LogP contribution < -0.4 is 3.82 Å². The summed E-state index contributed by atoms with van der Waals surface area (Å²) < 4.78 is 4.85. The van der Waals surface area contributed by atoms with Crippen molar-refractivity contribution in [2.45, 2.75) is 0 Å².